The van der Waals surface area contributed by atoms with E-state index in [1.807, 2.05) is 66.7 Å². The average Bonchev–Trinajstić information content (AvgIpc) is 2.74. The molecular formula is C24H25NO3. The van der Waals surface area contributed by atoms with Crippen molar-refractivity contribution >= 4 is 5.91 Å². The minimum Gasteiger partial charge on any atom is -0.497 e. The predicted octanol–water partition coefficient (Wildman–Crippen LogP) is 4.71. The molecule has 0 bridgehead atoms. The normalized spacial score (nSPS) is 11.7. The Labute approximate surface area is 166 Å². The number of hydrogen-bond donors (Lipinski definition) is 1. The van der Waals surface area contributed by atoms with Crippen molar-refractivity contribution in [2.75, 3.05) is 14.2 Å². The van der Waals surface area contributed by atoms with Crippen molar-refractivity contribution in [3.8, 4) is 11.5 Å². The number of nitrogens with one attached hydrogen (secondary N) is 1. The summed E-state index contributed by atoms with van der Waals surface area (Å²) in [5.74, 6) is 1.36. The largest absolute Gasteiger partial charge is 0.497 e. The highest BCUT2D eigenvalue weighted by Crippen LogP contribution is 2.39. The monoisotopic (exact) mass is 375 g/mol. The summed E-state index contributed by atoms with van der Waals surface area (Å²) in [4.78, 5) is 12.1. The van der Waals surface area contributed by atoms with Gasteiger partial charge in [-0.3, -0.25) is 4.79 Å². The minimum absolute atomic E-state index is 0.0790. The highest BCUT2D eigenvalue weighted by atomic mass is 16.5. The molecular weight excluding hydrogens is 350 g/mol. The quantitative estimate of drug-likeness (QED) is 0.650. The standard InChI is InChI=1S/C24H25NO3/c1-17(26)25-24(18-9-5-4-6-10-18)23(19-11-7-13-21(15-19)27-2)20-12-8-14-22(16-20)28-3/h4-16,23-24H,1-3H3,(H,25,26). The van der Waals surface area contributed by atoms with Crippen LogP contribution >= 0.6 is 0 Å². The van der Waals surface area contributed by atoms with Crippen LogP contribution in [0.15, 0.2) is 78.9 Å². The highest BCUT2D eigenvalue weighted by molar-refractivity contribution is 5.73. The summed E-state index contributed by atoms with van der Waals surface area (Å²) in [5.41, 5.74) is 3.14. The molecule has 1 unspecified atom stereocenters. The average molecular weight is 375 g/mol. The van der Waals surface area contributed by atoms with Gasteiger partial charge in [0.05, 0.1) is 20.3 Å². The SMILES string of the molecule is COc1cccc(C(c2cccc(OC)c2)C(NC(C)=O)c2ccccc2)c1. The van der Waals surface area contributed by atoms with E-state index in [0.717, 1.165) is 28.2 Å². The molecule has 3 rings (SSSR count). The van der Waals surface area contributed by atoms with E-state index >= 15 is 0 Å². The fraction of sp³-hybridized carbons (Fsp3) is 0.208. The van der Waals surface area contributed by atoms with Gasteiger partial charge in [0.1, 0.15) is 11.5 Å². The van der Waals surface area contributed by atoms with Crippen LogP contribution in [-0.2, 0) is 4.79 Å². The zero-order chi connectivity index (χ0) is 19.9. The molecule has 1 N–H and O–H groups in total. The van der Waals surface area contributed by atoms with Gasteiger partial charge in [0.15, 0.2) is 0 Å². The molecule has 0 heterocycles. The topological polar surface area (TPSA) is 47.6 Å². The summed E-state index contributed by atoms with van der Waals surface area (Å²) < 4.78 is 10.9. The summed E-state index contributed by atoms with van der Waals surface area (Å²) >= 11 is 0. The molecule has 0 saturated heterocycles. The molecule has 144 valence electrons. The summed E-state index contributed by atoms with van der Waals surface area (Å²) in [6, 6.07) is 25.7. The third-order valence-corrected chi connectivity index (χ3v) is 4.76. The van der Waals surface area contributed by atoms with Crippen molar-refractivity contribution in [3.05, 3.63) is 95.6 Å². The number of ether oxygens (including phenoxy) is 2. The Morgan fingerprint density at radius 2 is 1.25 bits per heavy atom. The van der Waals surface area contributed by atoms with Crippen LogP contribution in [0.25, 0.3) is 0 Å². The number of methoxy groups -OCH3 is 2. The zero-order valence-corrected chi connectivity index (χ0v) is 16.4. The lowest BCUT2D eigenvalue weighted by molar-refractivity contribution is -0.119. The number of hydrogen-bond acceptors (Lipinski definition) is 3. The molecule has 3 aromatic carbocycles. The lowest BCUT2D eigenvalue weighted by atomic mass is 9.81. The van der Waals surface area contributed by atoms with Gasteiger partial charge in [0.25, 0.3) is 0 Å². The highest BCUT2D eigenvalue weighted by Gasteiger charge is 2.28. The van der Waals surface area contributed by atoms with E-state index in [4.69, 9.17) is 9.47 Å². The van der Waals surface area contributed by atoms with Crippen molar-refractivity contribution in [2.45, 2.75) is 18.9 Å². The van der Waals surface area contributed by atoms with Crippen LogP contribution in [-0.4, -0.2) is 20.1 Å². The van der Waals surface area contributed by atoms with Crippen molar-refractivity contribution < 1.29 is 14.3 Å². The van der Waals surface area contributed by atoms with Gasteiger partial charge >= 0.3 is 0 Å². The van der Waals surface area contributed by atoms with E-state index in [9.17, 15) is 4.79 Å². The van der Waals surface area contributed by atoms with E-state index in [1.165, 1.54) is 0 Å². The molecule has 1 amide bonds. The molecule has 0 fully saturated rings. The Hall–Kier alpha value is -3.27. The first-order valence-corrected chi connectivity index (χ1v) is 9.22. The van der Waals surface area contributed by atoms with Gasteiger partial charge in [-0.15, -0.1) is 0 Å². The first-order chi connectivity index (χ1) is 13.6. The van der Waals surface area contributed by atoms with Gasteiger partial charge in [0.2, 0.25) is 5.91 Å². The second-order valence-electron chi connectivity index (χ2n) is 6.62. The molecule has 3 aromatic rings. The van der Waals surface area contributed by atoms with E-state index in [0.29, 0.717) is 0 Å². The van der Waals surface area contributed by atoms with E-state index in [2.05, 4.69) is 17.4 Å². The maximum absolute atomic E-state index is 12.1. The number of rotatable bonds is 7. The van der Waals surface area contributed by atoms with Crippen LogP contribution in [0.4, 0.5) is 0 Å². The summed E-state index contributed by atoms with van der Waals surface area (Å²) in [7, 11) is 3.31. The Morgan fingerprint density at radius 1 is 0.750 bits per heavy atom. The lowest BCUT2D eigenvalue weighted by Crippen LogP contribution is -2.31. The molecule has 0 saturated carbocycles. The predicted molar refractivity (Wildman–Crippen MR) is 111 cm³/mol. The van der Waals surface area contributed by atoms with Crippen molar-refractivity contribution in [1.29, 1.82) is 0 Å². The number of carbonyl (C=O) groups excluding carboxylic acids is 1. The summed E-state index contributed by atoms with van der Waals surface area (Å²) in [6.07, 6.45) is 0. The third kappa shape index (κ3) is 4.52. The van der Waals surface area contributed by atoms with Crippen molar-refractivity contribution in [1.82, 2.24) is 5.32 Å². The second kappa shape index (κ2) is 9.09. The molecule has 0 aliphatic rings. The number of benzene rings is 3. The first kappa shape index (κ1) is 19.5. The fourth-order valence-corrected chi connectivity index (χ4v) is 3.49. The van der Waals surface area contributed by atoms with Gasteiger partial charge in [-0.2, -0.15) is 0 Å². The van der Waals surface area contributed by atoms with Crippen LogP contribution in [0.1, 0.15) is 35.6 Å². The fourth-order valence-electron chi connectivity index (χ4n) is 3.49. The van der Waals surface area contributed by atoms with Gasteiger partial charge in [-0.1, -0.05) is 54.6 Å². The molecule has 0 radical (unpaired) electrons. The van der Waals surface area contributed by atoms with Gasteiger partial charge in [-0.05, 0) is 41.0 Å². The molecule has 0 aliphatic carbocycles. The van der Waals surface area contributed by atoms with Gasteiger partial charge in [0, 0.05) is 12.8 Å². The van der Waals surface area contributed by atoms with E-state index in [1.54, 1.807) is 21.1 Å². The second-order valence-corrected chi connectivity index (χ2v) is 6.62. The molecule has 4 nitrogen and oxygen atoms in total. The Morgan fingerprint density at radius 3 is 1.71 bits per heavy atom. The van der Waals surface area contributed by atoms with E-state index in [-0.39, 0.29) is 17.9 Å². The maximum Gasteiger partial charge on any atom is 0.217 e. The summed E-state index contributed by atoms with van der Waals surface area (Å²) in [5, 5.41) is 3.15. The Kier molecular flexibility index (Phi) is 6.33. The number of amides is 1. The molecule has 0 aromatic heterocycles. The Bertz CT molecular complexity index is 876. The summed E-state index contributed by atoms with van der Waals surface area (Å²) in [6.45, 7) is 1.55. The molecule has 4 heteroatoms. The molecule has 28 heavy (non-hydrogen) atoms. The molecule has 0 aliphatic heterocycles. The first-order valence-electron chi connectivity index (χ1n) is 9.22. The van der Waals surface area contributed by atoms with Crippen LogP contribution in [0.5, 0.6) is 11.5 Å². The minimum atomic E-state index is -0.238. The van der Waals surface area contributed by atoms with Crippen LogP contribution in [0.2, 0.25) is 0 Å². The van der Waals surface area contributed by atoms with Crippen molar-refractivity contribution in [3.63, 3.8) is 0 Å². The zero-order valence-electron chi connectivity index (χ0n) is 16.4. The van der Waals surface area contributed by atoms with Gasteiger partial charge < -0.3 is 14.8 Å². The third-order valence-electron chi connectivity index (χ3n) is 4.76. The van der Waals surface area contributed by atoms with E-state index < -0.39 is 0 Å². The van der Waals surface area contributed by atoms with Crippen LogP contribution < -0.4 is 14.8 Å². The number of carbonyl (C=O) groups is 1. The molecule has 0 spiro atoms. The molecule has 1 atom stereocenters. The van der Waals surface area contributed by atoms with Crippen LogP contribution in [0.3, 0.4) is 0 Å². The van der Waals surface area contributed by atoms with Gasteiger partial charge in [-0.25, -0.2) is 0 Å². The Balaban J connectivity index is 2.18. The smallest absolute Gasteiger partial charge is 0.217 e. The lowest BCUT2D eigenvalue weighted by Gasteiger charge is -2.29. The van der Waals surface area contributed by atoms with Crippen molar-refractivity contribution in [2.24, 2.45) is 0 Å². The maximum atomic E-state index is 12.1. The van der Waals surface area contributed by atoms with Crippen LogP contribution in [0, 0.1) is 0 Å².